The molecule has 0 aliphatic heterocycles. The molecule has 1 N–H and O–H groups in total. The molecule has 0 saturated carbocycles. The molecule has 0 aliphatic carbocycles. The van der Waals surface area contributed by atoms with Gasteiger partial charge in [-0.1, -0.05) is 17.7 Å². The van der Waals surface area contributed by atoms with Gasteiger partial charge in [-0.25, -0.2) is 0 Å². The minimum Gasteiger partial charge on any atom is -0.406 e. The lowest BCUT2D eigenvalue weighted by atomic mass is 10.2. The van der Waals surface area contributed by atoms with E-state index in [1.807, 2.05) is 0 Å². The number of hydrogen-bond acceptors (Lipinski definition) is 3. The molecule has 0 aromatic heterocycles. The van der Waals surface area contributed by atoms with Crippen LogP contribution in [0.25, 0.3) is 0 Å². The van der Waals surface area contributed by atoms with Gasteiger partial charge in [0.15, 0.2) is 0 Å². The van der Waals surface area contributed by atoms with Crippen molar-refractivity contribution in [2.24, 2.45) is 0 Å². The monoisotopic (exact) mass is 386 g/mol. The molecule has 0 aliphatic rings. The minimum atomic E-state index is -4.78. The van der Waals surface area contributed by atoms with E-state index in [0.29, 0.717) is 10.6 Å². The summed E-state index contributed by atoms with van der Waals surface area (Å²) < 4.78 is 40.0. The molecule has 0 bridgehead atoms. The molecule has 0 spiro atoms. The first kappa shape index (κ1) is 19.6. The van der Waals surface area contributed by atoms with Gasteiger partial charge in [0.25, 0.3) is 5.91 Å². The molecule has 2 rings (SSSR count). The summed E-state index contributed by atoms with van der Waals surface area (Å²) in [7, 11) is 1.45. The highest BCUT2D eigenvalue weighted by molar-refractivity contribution is 6.31. The Labute approximate surface area is 152 Å². The number of likely N-dealkylation sites (N-methyl/N-ethyl adjacent to an activating group) is 1. The first-order valence-electron chi connectivity index (χ1n) is 7.31. The number of nitrogens with one attached hydrogen (secondary N) is 1. The maximum Gasteiger partial charge on any atom is 0.573 e. The number of halogens is 4. The molecule has 138 valence electrons. The molecule has 0 saturated heterocycles. The summed E-state index contributed by atoms with van der Waals surface area (Å²) >= 11 is 5.83. The zero-order valence-corrected chi connectivity index (χ0v) is 14.3. The van der Waals surface area contributed by atoms with E-state index in [0.717, 1.165) is 12.1 Å². The Morgan fingerprint density at radius 1 is 1.15 bits per heavy atom. The van der Waals surface area contributed by atoms with E-state index in [2.05, 4.69) is 10.1 Å². The molecule has 2 aromatic rings. The predicted molar refractivity (Wildman–Crippen MR) is 90.2 cm³/mol. The molecule has 2 aromatic carbocycles. The summed E-state index contributed by atoms with van der Waals surface area (Å²) in [4.78, 5) is 25.4. The van der Waals surface area contributed by atoms with Gasteiger partial charge in [0.1, 0.15) is 5.75 Å². The third-order valence-corrected chi connectivity index (χ3v) is 3.41. The van der Waals surface area contributed by atoms with Crippen molar-refractivity contribution in [2.45, 2.75) is 6.36 Å². The fourth-order valence-corrected chi connectivity index (χ4v) is 2.26. The van der Waals surface area contributed by atoms with E-state index >= 15 is 0 Å². The molecule has 0 radical (unpaired) electrons. The molecule has 0 fully saturated rings. The van der Waals surface area contributed by atoms with Crippen molar-refractivity contribution < 1.29 is 27.5 Å². The molecule has 26 heavy (non-hydrogen) atoms. The highest BCUT2D eigenvalue weighted by Crippen LogP contribution is 2.24. The van der Waals surface area contributed by atoms with E-state index < -0.39 is 23.9 Å². The van der Waals surface area contributed by atoms with Crippen LogP contribution in [-0.4, -0.2) is 36.7 Å². The summed E-state index contributed by atoms with van der Waals surface area (Å²) in [5, 5.41) is 2.88. The van der Waals surface area contributed by atoms with Gasteiger partial charge < -0.3 is 15.0 Å². The van der Waals surface area contributed by atoms with Gasteiger partial charge in [-0.05, 0) is 42.5 Å². The average Bonchev–Trinajstić information content (AvgIpc) is 2.54. The van der Waals surface area contributed by atoms with E-state index in [1.165, 1.54) is 30.1 Å². The second kappa shape index (κ2) is 8.09. The molecule has 2 amide bonds. The normalized spacial score (nSPS) is 11.0. The summed E-state index contributed by atoms with van der Waals surface area (Å²) in [6, 6.07) is 11.0. The van der Waals surface area contributed by atoms with Crippen molar-refractivity contribution in [1.82, 2.24) is 4.90 Å². The van der Waals surface area contributed by atoms with Gasteiger partial charge >= 0.3 is 6.36 Å². The lowest BCUT2D eigenvalue weighted by Gasteiger charge is -2.17. The van der Waals surface area contributed by atoms with Crippen molar-refractivity contribution in [3.63, 3.8) is 0 Å². The quantitative estimate of drug-likeness (QED) is 0.846. The highest BCUT2D eigenvalue weighted by atomic mass is 35.5. The number of carbonyl (C=O) groups is 2. The van der Waals surface area contributed by atoms with Crippen LogP contribution in [0, 0.1) is 0 Å². The maximum absolute atomic E-state index is 12.2. The van der Waals surface area contributed by atoms with Crippen molar-refractivity contribution >= 4 is 29.1 Å². The zero-order chi connectivity index (χ0) is 19.3. The summed E-state index contributed by atoms with van der Waals surface area (Å²) in [6.45, 7) is -0.244. The summed E-state index contributed by atoms with van der Waals surface area (Å²) in [5.41, 5.74) is 0.606. The number of amides is 2. The van der Waals surface area contributed by atoms with Crippen molar-refractivity contribution in [1.29, 1.82) is 0 Å². The lowest BCUT2D eigenvalue weighted by Crippen LogP contribution is -2.34. The van der Waals surface area contributed by atoms with E-state index in [1.54, 1.807) is 18.2 Å². The van der Waals surface area contributed by atoms with Gasteiger partial charge in [-0.15, -0.1) is 13.2 Å². The smallest absolute Gasteiger partial charge is 0.406 e. The lowest BCUT2D eigenvalue weighted by molar-refractivity contribution is -0.274. The maximum atomic E-state index is 12.2. The van der Waals surface area contributed by atoms with E-state index in [4.69, 9.17) is 11.6 Å². The Kier molecular flexibility index (Phi) is 6.10. The Morgan fingerprint density at radius 3 is 2.38 bits per heavy atom. The third kappa shape index (κ3) is 5.96. The number of rotatable bonds is 5. The number of ether oxygens (including phenoxy) is 1. The second-order valence-corrected chi connectivity index (χ2v) is 5.73. The number of nitrogens with zero attached hydrogens (tertiary/aromatic N) is 1. The standard InChI is InChI=1S/C17H14ClF3N2O3/c1-23(16(25)11-3-2-4-12(18)9-11)10-15(24)22-13-5-7-14(8-6-13)26-17(19,20)21/h2-9H,10H2,1H3,(H,22,24). The molecule has 5 nitrogen and oxygen atoms in total. The van der Waals surface area contributed by atoms with Gasteiger partial charge in [-0.2, -0.15) is 0 Å². The van der Waals surface area contributed by atoms with E-state index in [9.17, 15) is 22.8 Å². The van der Waals surface area contributed by atoms with Crippen LogP contribution in [0.3, 0.4) is 0 Å². The van der Waals surface area contributed by atoms with Gasteiger partial charge in [0.2, 0.25) is 5.91 Å². The van der Waals surface area contributed by atoms with Crippen molar-refractivity contribution in [3.8, 4) is 5.75 Å². The zero-order valence-electron chi connectivity index (χ0n) is 13.5. The van der Waals surface area contributed by atoms with Crippen LogP contribution in [0.1, 0.15) is 10.4 Å². The molecular formula is C17H14ClF3N2O3. The largest absolute Gasteiger partial charge is 0.573 e. The Balaban J connectivity index is 1.92. The average molecular weight is 387 g/mol. The number of hydrogen-bond donors (Lipinski definition) is 1. The molecule has 0 atom stereocenters. The van der Waals surface area contributed by atoms with Crippen molar-refractivity contribution in [2.75, 3.05) is 18.9 Å². The number of benzene rings is 2. The van der Waals surface area contributed by atoms with Crippen LogP contribution in [0.4, 0.5) is 18.9 Å². The summed E-state index contributed by atoms with van der Waals surface area (Å²) in [6.07, 6.45) is -4.78. The van der Waals surface area contributed by atoms with Crippen molar-refractivity contribution in [3.05, 3.63) is 59.1 Å². The fourth-order valence-electron chi connectivity index (χ4n) is 2.07. The third-order valence-electron chi connectivity index (χ3n) is 3.17. The first-order valence-corrected chi connectivity index (χ1v) is 7.68. The van der Waals surface area contributed by atoms with Crippen LogP contribution < -0.4 is 10.1 Å². The Hall–Kier alpha value is -2.74. The highest BCUT2D eigenvalue weighted by Gasteiger charge is 2.31. The molecule has 9 heteroatoms. The van der Waals surface area contributed by atoms with Gasteiger partial charge in [-0.3, -0.25) is 9.59 Å². The predicted octanol–water partition coefficient (Wildman–Crippen LogP) is 3.95. The molecular weight excluding hydrogens is 373 g/mol. The Bertz CT molecular complexity index is 795. The summed E-state index contributed by atoms with van der Waals surface area (Å²) in [5.74, 6) is -1.30. The van der Waals surface area contributed by atoms with Crippen LogP contribution >= 0.6 is 11.6 Å². The number of anilines is 1. The fraction of sp³-hybridized carbons (Fsp3) is 0.176. The number of alkyl halides is 3. The van der Waals surface area contributed by atoms with Gasteiger partial charge in [0.05, 0.1) is 6.54 Å². The SMILES string of the molecule is CN(CC(=O)Nc1ccc(OC(F)(F)F)cc1)C(=O)c1cccc(Cl)c1. The Morgan fingerprint density at radius 2 is 1.81 bits per heavy atom. The van der Waals surface area contributed by atoms with Crippen LogP contribution in [0.15, 0.2) is 48.5 Å². The number of carbonyl (C=O) groups excluding carboxylic acids is 2. The van der Waals surface area contributed by atoms with Gasteiger partial charge in [0, 0.05) is 23.3 Å². The minimum absolute atomic E-state index is 0.244. The molecule has 0 heterocycles. The second-order valence-electron chi connectivity index (χ2n) is 5.29. The topological polar surface area (TPSA) is 58.6 Å². The molecule has 0 unspecified atom stereocenters. The van der Waals surface area contributed by atoms with E-state index in [-0.39, 0.29) is 12.2 Å². The van der Waals surface area contributed by atoms with Crippen LogP contribution in [0.2, 0.25) is 5.02 Å². The van der Waals surface area contributed by atoms with Crippen LogP contribution in [-0.2, 0) is 4.79 Å². The first-order chi connectivity index (χ1) is 12.1. The van der Waals surface area contributed by atoms with Crippen LogP contribution in [0.5, 0.6) is 5.75 Å².